The molecule has 1 aromatic heterocycles. The van der Waals surface area contributed by atoms with E-state index in [-0.39, 0.29) is 0 Å². The topological polar surface area (TPSA) is 37.6 Å². The van der Waals surface area contributed by atoms with E-state index in [1.807, 2.05) is 32.0 Å². The average molecular weight is 295 g/mol. The second kappa shape index (κ2) is 6.82. The van der Waals surface area contributed by atoms with Crippen molar-refractivity contribution in [2.24, 2.45) is 15.9 Å². The summed E-state index contributed by atoms with van der Waals surface area (Å²) in [5.41, 5.74) is 7.43. The number of nitrogens with zero attached hydrogens (tertiary/aromatic N) is 3. The van der Waals surface area contributed by atoms with Gasteiger partial charge in [-0.3, -0.25) is 9.98 Å². The van der Waals surface area contributed by atoms with Gasteiger partial charge in [-0.2, -0.15) is 0 Å². The van der Waals surface area contributed by atoms with E-state index in [1.54, 1.807) is 7.05 Å². The Kier molecular flexibility index (Phi) is 5.07. The van der Waals surface area contributed by atoms with Gasteiger partial charge >= 0.3 is 0 Å². The Balaban J connectivity index is 2.38. The fourth-order valence-corrected chi connectivity index (χ4v) is 2.84. The Hall–Kier alpha value is -2.03. The molecule has 0 saturated carbocycles. The molecule has 1 aliphatic rings. The maximum Gasteiger partial charge on any atom is 0.0849 e. The first-order valence-corrected chi connectivity index (χ1v) is 7.77. The molecule has 1 atom stereocenters. The van der Waals surface area contributed by atoms with Gasteiger partial charge in [-0.05, 0) is 63.3 Å². The van der Waals surface area contributed by atoms with Crippen molar-refractivity contribution in [1.82, 2.24) is 4.98 Å². The summed E-state index contributed by atoms with van der Waals surface area (Å²) in [7, 11) is 1.79. The number of hydrogen-bond donors (Lipinski definition) is 0. The maximum absolute atomic E-state index is 4.85. The molecule has 0 bridgehead atoms. The van der Waals surface area contributed by atoms with Crippen molar-refractivity contribution in [3.05, 3.63) is 52.5 Å². The van der Waals surface area contributed by atoms with Crippen LogP contribution in [0.4, 0.5) is 0 Å². The Morgan fingerprint density at radius 2 is 1.77 bits per heavy atom. The molecule has 0 saturated heterocycles. The van der Waals surface area contributed by atoms with Gasteiger partial charge in [-0.15, -0.1) is 0 Å². The van der Waals surface area contributed by atoms with Crippen molar-refractivity contribution in [1.29, 1.82) is 0 Å². The maximum atomic E-state index is 4.85. The van der Waals surface area contributed by atoms with Crippen LogP contribution in [0.25, 0.3) is 0 Å². The lowest BCUT2D eigenvalue weighted by atomic mass is 9.90. The van der Waals surface area contributed by atoms with Crippen LogP contribution in [0.15, 0.2) is 51.1 Å². The van der Waals surface area contributed by atoms with Crippen molar-refractivity contribution in [3.63, 3.8) is 0 Å². The molecule has 0 spiro atoms. The molecule has 2 rings (SSSR count). The molecule has 1 aliphatic carbocycles. The van der Waals surface area contributed by atoms with Crippen molar-refractivity contribution in [2.45, 2.75) is 41.0 Å². The lowest BCUT2D eigenvalue weighted by Crippen LogP contribution is -2.08. The average Bonchev–Trinajstić information content (AvgIpc) is 2.50. The predicted octanol–water partition coefficient (Wildman–Crippen LogP) is 4.59. The highest BCUT2D eigenvalue weighted by atomic mass is 14.8. The Labute approximate surface area is 133 Å². The zero-order valence-corrected chi connectivity index (χ0v) is 14.4. The molecule has 3 heteroatoms. The van der Waals surface area contributed by atoms with Crippen LogP contribution >= 0.6 is 0 Å². The normalized spacial score (nSPS) is 20.3. The Morgan fingerprint density at radius 3 is 2.36 bits per heavy atom. The zero-order valence-electron chi connectivity index (χ0n) is 14.4. The minimum absolute atomic E-state index is 0.601. The highest BCUT2D eigenvalue weighted by Gasteiger charge is 2.14. The molecule has 3 nitrogen and oxygen atoms in total. The molecule has 0 amide bonds. The summed E-state index contributed by atoms with van der Waals surface area (Å²) in [6.45, 7) is 10.6. The Bertz CT molecular complexity index is 690. The third-order valence-corrected chi connectivity index (χ3v) is 4.05. The molecule has 1 aromatic rings. The summed E-state index contributed by atoms with van der Waals surface area (Å²) < 4.78 is 0. The summed E-state index contributed by atoms with van der Waals surface area (Å²) in [4.78, 5) is 13.7. The Morgan fingerprint density at radius 1 is 1.14 bits per heavy atom. The third kappa shape index (κ3) is 3.59. The smallest absolute Gasteiger partial charge is 0.0849 e. The van der Waals surface area contributed by atoms with Crippen LogP contribution < -0.4 is 0 Å². The van der Waals surface area contributed by atoms with Crippen molar-refractivity contribution in [2.75, 3.05) is 7.05 Å². The van der Waals surface area contributed by atoms with Crippen LogP contribution in [0.2, 0.25) is 0 Å². The molecule has 0 fully saturated rings. The van der Waals surface area contributed by atoms with E-state index in [0.29, 0.717) is 5.92 Å². The zero-order chi connectivity index (χ0) is 16.3. The summed E-state index contributed by atoms with van der Waals surface area (Å²) in [5.74, 6) is 0.601. The SMILES string of the molecule is C/N=C(\C)c1cccc(/C(C)=N/C2=C(C)C[C@H](C)C=C2C)n1. The van der Waals surface area contributed by atoms with E-state index in [2.05, 4.69) is 36.8 Å². The minimum Gasteiger partial charge on any atom is -0.291 e. The monoisotopic (exact) mass is 295 g/mol. The first kappa shape index (κ1) is 16.3. The molecule has 116 valence electrons. The fraction of sp³-hybridized carbons (Fsp3) is 0.421. The number of allylic oxidation sites excluding steroid dienone is 3. The van der Waals surface area contributed by atoms with Crippen LogP contribution in [0.3, 0.4) is 0 Å². The van der Waals surface area contributed by atoms with Gasteiger partial charge in [0.25, 0.3) is 0 Å². The molecule has 0 unspecified atom stereocenters. The molecule has 1 heterocycles. The number of hydrogen-bond acceptors (Lipinski definition) is 3. The molecule has 0 aromatic carbocycles. The van der Waals surface area contributed by atoms with E-state index in [0.717, 1.165) is 34.9 Å². The molecule has 22 heavy (non-hydrogen) atoms. The quantitative estimate of drug-likeness (QED) is 0.751. The summed E-state index contributed by atoms with van der Waals surface area (Å²) in [6, 6.07) is 6.00. The molecular formula is C19H25N3. The first-order chi connectivity index (χ1) is 10.4. The van der Waals surface area contributed by atoms with Gasteiger partial charge in [0.1, 0.15) is 0 Å². The van der Waals surface area contributed by atoms with Gasteiger partial charge in [0, 0.05) is 7.05 Å². The minimum atomic E-state index is 0.601. The van der Waals surface area contributed by atoms with Gasteiger partial charge in [0.15, 0.2) is 0 Å². The molecular weight excluding hydrogens is 270 g/mol. The van der Waals surface area contributed by atoms with Gasteiger partial charge < -0.3 is 0 Å². The standard InChI is InChI=1S/C19H25N3/c1-12-10-13(2)19(14(3)11-12)21-16(5)18-9-7-8-17(22-18)15(4)20-6/h7-10,12H,11H2,1-6H3/b20-15+,21-16+/t12-/m1/s1. The lowest BCUT2D eigenvalue weighted by Gasteiger charge is -2.19. The highest BCUT2D eigenvalue weighted by molar-refractivity contribution is 6.01. The molecule has 0 aliphatic heterocycles. The fourth-order valence-electron chi connectivity index (χ4n) is 2.84. The van der Waals surface area contributed by atoms with E-state index in [4.69, 9.17) is 4.99 Å². The summed E-state index contributed by atoms with van der Waals surface area (Å²) in [5, 5.41) is 0. The lowest BCUT2D eigenvalue weighted by molar-refractivity contribution is 0.689. The predicted molar refractivity (Wildman–Crippen MR) is 94.8 cm³/mol. The first-order valence-electron chi connectivity index (χ1n) is 7.77. The third-order valence-electron chi connectivity index (χ3n) is 4.05. The summed E-state index contributed by atoms with van der Waals surface area (Å²) in [6.07, 6.45) is 3.38. The van der Waals surface area contributed by atoms with E-state index < -0.39 is 0 Å². The van der Waals surface area contributed by atoms with Crippen LogP contribution in [0, 0.1) is 5.92 Å². The van der Waals surface area contributed by atoms with E-state index >= 15 is 0 Å². The van der Waals surface area contributed by atoms with Crippen LogP contribution in [0.1, 0.15) is 52.4 Å². The highest BCUT2D eigenvalue weighted by Crippen LogP contribution is 2.29. The van der Waals surface area contributed by atoms with E-state index in [9.17, 15) is 0 Å². The van der Waals surface area contributed by atoms with Gasteiger partial charge in [-0.25, -0.2) is 4.98 Å². The van der Waals surface area contributed by atoms with Gasteiger partial charge in [0.05, 0.1) is 28.5 Å². The number of aliphatic imine (C=N–C) groups is 2. The van der Waals surface area contributed by atoms with Crippen molar-refractivity contribution >= 4 is 11.4 Å². The number of aromatic nitrogens is 1. The molecule has 0 N–H and O–H groups in total. The van der Waals surface area contributed by atoms with Crippen LogP contribution in [0.5, 0.6) is 0 Å². The second-order valence-corrected chi connectivity index (χ2v) is 6.07. The van der Waals surface area contributed by atoms with Gasteiger partial charge in [0.2, 0.25) is 0 Å². The second-order valence-electron chi connectivity index (χ2n) is 6.07. The number of pyridine rings is 1. The van der Waals surface area contributed by atoms with Gasteiger partial charge in [-0.1, -0.05) is 19.1 Å². The number of rotatable bonds is 3. The van der Waals surface area contributed by atoms with Crippen molar-refractivity contribution < 1.29 is 0 Å². The summed E-state index contributed by atoms with van der Waals surface area (Å²) >= 11 is 0. The van der Waals surface area contributed by atoms with Crippen LogP contribution in [-0.4, -0.2) is 23.5 Å². The van der Waals surface area contributed by atoms with E-state index in [1.165, 1.54) is 11.1 Å². The molecule has 0 radical (unpaired) electrons. The van der Waals surface area contributed by atoms with Crippen LogP contribution in [-0.2, 0) is 0 Å². The van der Waals surface area contributed by atoms with Crippen molar-refractivity contribution in [3.8, 4) is 0 Å². The largest absolute Gasteiger partial charge is 0.291 e.